The summed E-state index contributed by atoms with van der Waals surface area (Å²) in [6.07, 6.45) is 1.87. The van der Waals surface area contributed by atoms with Gasteiger partial charge in [-0.1, -0.05) is 0 Å². The molecule has 0 heterocycles. The van der Waals surface area contributed by atoms with Gasteiger partial charge >= 0.3 is 0 Å². The lowest BCUT2D eigenvalue weighted by molar-refractivity contribution is 0.627. The molecule has 0 aliphatic heterocycles. The maximum atomic E-state index is 12.8. The highest BCUT2D eigenvalue weighted by molar-refractivity contribution is 5.95. The van der Waals surface area contributed by atoms with Gasteiger partial charge in [0.1, 0.15) is 11.6 Å². The van der Waals surface area contributed by atoms with Gasteiger partial charge in [-0.2, -0.15) is 0 Å². The molecule has 0 aromatic heterocycles. The van der Waals surface area contributed by atoms with E-state index in [1.165, 1.54) is 24.3 Å². The van der Waals surface area contributed by atoms with Crippen molar-refractivity contribution in [3.63, 3.8) is 0 Å². The van der Waals surface area contributed by atoms with E-state index in [9.17, 15) is 8.78 Å². The van der Waals surface area contributed by atoms with Gasteiger partial charge in [0.15, 0.2) is 0 Å². The Kier molecular flexibility index (Phi) is 4.82. The molecule has 0 unspecified atom stereocenters. The second-order valence-corrected chi connectivity index (χ2v) is 4.69. The van der Waals surface area contributed by atoms with Gasteiger partial charge in [-0.3, -0.25) is 4.99 Å². The Hall–Kier alpha value is -2.49. The van der Waals surface area contributed by atoms with E-state index in [0.29, 0.717) is 5.69 Å². The van der Waals surface area contributed by atoms with Crippen LogP contribution in [0.25, 0.3) is 0 Å². The molecule has 108 valence electrons. The highest BCUT2D eigenvalue weighted by Gasteiger charge is 1.96. The molecule has 0 saturated heterocycles. The van der Waals surface area contributed by atoms with Crippen LogP contribution in [0.1, 0.15) is 13.8 Å². The third-order valence-electron chi connectivity index (χ3n) is 2.74. The summed E-state index contributed by atoms with van der Waals surface area (Å²) in [7, 11) is 0. The third kappa shape index (κ3) is 4.84. The average molecular weight is 286 g/mol. The van der Waals surface area contributed by atoms with Crippen LogP contribution in [0.2, 0.25) is 0 Å². The van der Waals surface area contributed by atoms with E-state index >= 15 is 0 Å². The molecule has 4 heteroatoms. The second kappa shape index (κ2) is 6.79. The monoisotopic (exact) mass is 286 g/mol. The second-order valence-electron chi connectivity index (χ2n) is 4.69. The highest BCUT2D eigenvalue weighted by atomic mass is 19.1. The molecule has 0 saturated carbocycles. The molecule has 21 heavy (non-hydrogen) atoms. The normalized spacial score (nSPS) is 12.4. The molecule has 0 aliphatic rings. The Bertz CT molecular complexity index is 656. The quantitative estimate of drug-likeness (QED) is 0.779. The molecule has 0 atom stereocenters. The lowest BCUT2D eigenvalue weighted by Crippen LogP contribution is -1.98. The summed E-state index contributed by atoms with van der Waals surface area (Å²) in [5, 5.41) is 3.15. The predicted molar refractivity (Wildman–Crippen MR) is 82.9 cm³/mol. The minimum Gasteiger partial charge on any atom is -0.359 e. The number of benzene rings is 2. The van der Waals surface area contributed by atoms with Crippen molar-refractivity contribution in [3.8, 4) is 0 Å². The lowest BCUT2D eigenvalue weighted by atomic mass is 10.2. The Morgan fingerprint density at radius 1 is 0.905 bits per heavy atom. The van der Waals surface area contributed by atoms with Crippen LogP contribution in [0.3, 0.4) is 0 Å². The first-order chi connectivity index (χ1) is 10.0. The Morgan fingerprint density at radius 3 is 2.00 bits per heavy atom. The molecule has 0 spiro atoms. The lowest BCUT2D eigenvalue weighted by Gasteiger charge is -2.06. The first-order valence-electron chi connectivity index (χ1n) is 6.55. The SMILES string of the molecule is CC(/C=C(/C)Nc1ccc(F)cc1)=Nc1ccc(F)cc1. The molecule has 0 bridgehead atoms. The van der Waals surface area contributed by atoms with Crippen molar-refractivity contribution in [1.82, 2.24) is 0 Å². The van der Waals surface area contributed by atoms with E-state index in [-0.39, 0.29) is 11.6 Å². The molecule has 2 nitrogen and oxygen atoms in total. The molecular formula is C17H16F2N2. The van der Waals surface area contributed by atoms with E-state index in [4.69, 9.17) is 0 Å². The van der Waals surface area contributed by atoms with Crippen molar-refractivity contribution < 1.29 is 8.78 Å². The largest absolute Gasteiger partial charge is 0.359 e. The molecule has 0 fully saturated rings. The first-order valence-corrected chi connectivity index (χ1v) is 6.55. The Labute approximate surface area is 122 Å². The molecule has 2 aromatic rings. The minimum absolute atomic E-state index is 0.267. The van der Waals surface area contributed by atoms with E-state index in [2.05, 4.69) is 10.3 Å². The van der Waals surface area contributed by atoms with Crippen LogP contribution in [0.15, 0.2) is 65.3 Å². The maximum absolute atomic E-state index is 12.8. The Balaban J connectivity index is 2.06. The number of nitrogens with one attached hydrogen (secondary N) is 1. The van der Waals surface area contributed by atoms with Crippen molar-refractivity contribution >= 4 is 17.1 Å². The van der Waals surface area contributed by atoms with Crippen molar-refractivity contribution in [2.45, 2.75) is 13.8 Å². The number of hydrogen-bond acceptors (Lipinski definition) is 2. The fourth-order valence-corrected chi connectivity index (χ4v) is 1.86. The standard InChI is InChI=1S/C17H16F2N2/c1-12(20-16-7-3-14(18)4-8-16)11-13(2)21-17-9-5-15(19)6-10-17/h3-11,20H,1-2H3/b12-11-,21-13?. The van der Waals surface area contributed by atoms with E-state index in [1.807, 2.05) is 19.9 Å². The zero-order chi connectivity index (χ0) is 15.2. The number of allylic oxidation sites excluding steroid dienone is 2. The molecular weight excluding hydrogens is 270 g/mol. The van der Waals surface area contributed by atoms with Gasteiger partial charge in [0.2, 0.25) is 0 Å². The van der Waals surface area contributed by atoms with Gasteiger partial charge in [-0.05, 0) is 68.5 Å². The summed E-state index contributed by atoms with van der Waals surface area (Å²) in [6.45, 7) is 3.76. The molecule has 2 aromatic carbocycles. The first kappa shape index (κ1) is 14.9. The zero-order valence-corrected chi connectivity index (χ0v) is 11.9. The number of hydrogen-bond donors (Lipinski definition) is 1. The number of halogens is 2. The molecule has 0 amide bonds. The summed E-state index contributed by atoms with van der Waals surface area (Å²) in [4.78, 5) is 4.37. The summed E-state index contributed by atoms with van der Waals surface area (Å²) < 4.78 is 25.6. The van der Waals surface area contributed by atoms with Crippen LogP contribution in [-0.4, -0.2) is 5.71 Å². The molecule has 0 radical (unpaired) electrons. The van der Waals surface area contributed by atoms with Gasteiger partial charge in [-0.25, -0.2) is 8.78 Å². The maximum Gasteiger partial charge on any atom is 0.123 e. The average Bonchev–Trinajstić information content (AvgIpc) is 2.44. The van der Waals surface area contributed by atoms with Crippen LogP contribution >= 0.6 is 0 Å². The fourth-order valence-electron chi connectivity index (χ4n) is 1.86. The smallest absolute Gasteiger partial charge is 0.123 e. The van der Waals surface area contributed by atoms with Crippen molar-refractivity contribution in [2.75, 3.05) is 5.32 Å². The number of nitrogens with zero attached hydrogens (tertiary/aromatic N) is 1. The third-order valence-corrected chi connectivity index (χ3v) is 2.74. The molecule has 1 N–H and O–H groups in total. The Morgan fingerprint density at radius 2 is 1.43 bits per heavy atom. The van der Waals surface area contributed by atoms with Gasteiger partial charge in [0.05, 0.1) is 5.69 Å². The summed E-state index contributed by atoms with van der Waals surface area (Å²) in [5.74, 6) is -0.549. The minimum atomic E-state index is -0.281. The predicted octanol–water partition coefficient (Wildman–Crippen LogP) is 5.07. The van der Waals surface area contributed by atoms with Crippen molar-refractivity contribution in [2.24, 2.45) is 4.99 Å². The summed E-state index contributed by atoms with van der Waals surface area (Å²) in [6, 6.07) is 12.1. The molecule has 2 rings (SSSR count). The summed E-state index contributed by atoms with van der Waals surface area (Å²) in [5.41, 5.74) is 3.16. The topological polar surface area (TPSA) is 24.4 Å². The van der Waals surface area contributed by atoms with Gasteiger partial charge in [0, 0.05) is 17.1 Å². The van der Waals surface area contributed by atoms with Gasteiger partial charge in [-0.15, -0.1) is 0 Å². The van der Waals surface area contributed by atoms with E-state index < -0.39 is 0 Å². The zero-order valence-electron chi connectivity index (χ0n) is 11.9. The number of rotatable bonds is 4. The van der Waals surface area contributed by atoms with Crippen molar-refractivity contribution in [3.05, 3.63) is 71.9 Å². The summed E-state index contributed by atoms with van der Waals surface area (Å²) >= 11 is 0. The molecule has 0 aliphatic carbocycles. The van der Waals surface area contributed by atoms with Crippen LogP contribution < -0.4 is 5.32 Å². The van der Waals surface area contributed by atoms with E-state index in [0.717, 1.165) is 17.1 Å². The van der Waals surface area contributed by atoms with Crippen LogP contribution in [-0.2, 0) is 0 Å². The van der Waals surface area contributed by atoms with Crippen LogP contribution in [0, 0.1) is 11.6 Å². The van der Waals surface area contributed by atoms with Crippen molar-refractivity contribution in [1.29, 1.82) is 0 Å². The number of anilines is 1. The number of aliphatic imine (C=N–C) groups is 1. The van der Waals surface area contributed by atoms with Crippen LogP contribution in [0.5, 0.6) is 0 Å². The van der Waals surface area contributed by atoms with Gasteiger partial charge < -0.3 is 5.32 Å². The fraction of sp³-hybridized carbons (Fsp3) is 0.118. The van der Waals surface area contributed by atoms with Crippen LogP contribution in [0.4, 0.5) is 20.2 Å². The highest BCUT2D eigenvalue weighted by Crippen LogP contribution is 2.14. The van der Waals surface area contributed by atoms with Gasteiger partial charge in [0.25, 0.3) is 0 Å². The van der Waals surface area contributed by atoms with E-state index in [1.54, 1.807) is 24.3 Å².